The van der Waals surface area contributed by atoms with E-state index in [4.69, 9.17) is 5.11 Å². The second-order valence-electron chi connectivity index (χ2n) is 5.57. The van der Waals surface area contributed by atoms with Gasteiger partial charge in [-0.05, 0) is 24.2 Å². The molecule has 2 rings (SSSR count). The molecule has 1 aliphatic carbocycles. The average Bonchev–Trinajstić information content (AvgIpc) is 2.77. The molecule has 1 N–H and O–H groups in total. The second kappa shape index (κ2) is 3.23. The Balaban J connectivity index is 1.89. The van der Waals surface area contributed by atoms with Gasteiger partial charge in [0.2, 0.25) is 0 Å². The van der Waals surface area contributed by atoms with E-state index >= 15 is 0 Å². The van der Waals surface area contributed by atoms with Crippen LogP contribution in [0.15, 0.2) is 0 Å². The highest BCUT2D eigenvalue weighted by molar-refractivity contribution is 5.67. The van der Waals surface area contributed by atoms with Crippen LogP contribution in [-0.4, -0.2) is 35.1 Å². The quantitative estimate of drug-likeness (QED) is 0.744. The van der Waals surface area contributed by atoms with Crippen molar-refractivity contribution in [2.24, 2.45) is 11.3 Å². The number of carboxylic acids is 1. The van der Waals surface area contributed by atoms with Crippen molar-refractivity contribution in [3.8, 4) is 0 Å². The van der Waals surface area contributed by atoms with E-state index in [0.29, 0.717) is 23.8 Å². The molecular formula is C11H19NO2. The normalized spacial score (nSPS) is 28.1. The van der Waals surface area contributed by atoms with E-state index in [1.165, 1.54) is 12.8 Å². The number of aliphatic carboxylic acids is 1. The molecular weight excluding hydrogens is 178 g/mol. The lowest BCUT2D eigenvalue weighted by molar-refractivity contribution is -0.140. The molecule has 3 heteroatoms. The molecule has 0 radical (unpaired) electrons. The standard InChI is InChI=1S/C11H19NO2/c1-11(2)6-12(7-11)9(5-10(13)14)8-3-4-8/h8-9H,3-7H2,1-2H3,(H,13,14). The van der Waals surface area contributed by atoms with Crippen molar-refractivity contribution in [3.05, 3.63) is 0 Å². The molecule has 1 saturated carbocycles. The molecule has 1 saturated heterocycles. The summed E-state index contributed by atoms with van der Waals surface area (Å²) in [6, 6.07) is 0.320. The highest BCUT2D eigenvalue weighted by Crippen LogP contribution is 2.42. The second-order valence-corrected chi connectivity index (χ2v) is 5.57. The highest BCUT2D eigenvalue weighted by atomic mass is 16.4. The van der Waals surface area contributed by atoms with Gasteiger partial charge >= 0.3 is 5.97 Å². The van der Waals surface area contributed by atoms with E-state index in [1.807, 2.05) is 0 Å². The van der Waals surface area contributed by atoms with Crippen molar-refractivity contribution in [2.45, 2.75) is 39.2 Å². The zero-order valence-electron chi connectivity index (χ0n) is 8.99. The van der Waals surface area contributed by atoms with Crippen LogP contribution in [0, 0.1) is 11.3 Å². The first-order valence-electron chi connectivity index (χ1n) is 5.44. The predicted octanol–water partition coefficient (Wildman–Crippen LogP) is 1.58. The zero-order valence-corrected chi connectivity index (χ0v) is 8.99. The summed E-state index contributed by atoms with van der Waals surface area (Å²) in [7, 11) is 0. The topological polar surface area (TPSA) is 40.5 Å². The minimum Gasteiger partial charge on any atom is -0.481 e. The predicted molar refractivity (Wildman–Crippen MR) is 54.1 cm³/mol. The van der Waals surface area contributed by atoms with E-state index in [0.717, 1.165) is 13.1 Å². The molecule has 1 heterocycles. The van der Waals surface area contributed by atoms with Gasteiger partial charge in [0.25, 0.3) is 0 Å². The number of carboxylic acid groups (broad SMARTS) is 1. The molecule has 80 valence electrons. The van der Waals surface area contributed by atoms with Crippen LogP contribution >= 0.6 is 0 Å². The monoisotopic (exact) mass is 197 g/mol. The molecule has 0 spiro atoms. The third-order valence-corrected chi connectivity index (χ3v) is 3.28. The largest absolute Gasteiger partial charge is 0.481 e. The lowest BCUT2D eigenvalue weighted by Gasteiger charge is -2.50. The van der Waals surface area contributed by atoms with Gasteiger partial charge in [0, 0.05) is 19.1 Å². The molecule has 1 atom stereocenters. The van der Waals surface area contributed by atoms with Crippen molar-refractivity contribution < 1.29 is 9.90 Å². The van der Waals surface area contributed by atoms with Crippen molar-refractivity contribution in [1.29, 1.82) is 0 Å². The van der Waals surface area contributed by atoms with Gasteiger partial charge in [-0.15, -0.1) is 0 Å². The zero-order chi connectivity index (χ0) is 10.3. The average molecular weight is 197 g/mol. The first-order chi connectivity index (χ1) is 6.48. The Labute approximate surface area is 85.1 Å². The SMILES string of the molecule is CC1(C)CN(C(CC(=O)O)C2CC2)C1. The van der Waals surface area contributed by atoms with Crippen LogP contribution in [0.1, 0.15) is 33.1 Å². The number of nitrogens with zero attached hydrogens (tertiary/aromatic N) is 1. The Morgan fingerprint density at radius 3 is 2.43 bits per heavy atom. The fourth-order valence-electron chi connectivity index (χ4n) is 2.54. The number of hydrogen-bond acceptors (Lipinski definition) is 2. The fourth-order valence-corrected chi connectivity index (χ4v) is 2.54. The lowest BCUT2D eigenvalue weighted by Crippen LogP contribution is -2.58. The minimum atomic E-state index is -0.647. The van der Waals surface area contributed by atoms with Gasteiger partial charge in [-0.1, -0.05) is 13.8 Å². The van der Waals surface area contributed by atoms with Crippen LogP contribution < -0.4 is 0 Å². The number of rotatable bonds is 4. The number of hydrogen-bond donors (Lipinski definition) is 1. The molecule has 0 aromatic rings. The van der Waals surface area contributed by atoms with E-state index < -0.39 is 5.97 Å². The molecule has 0 amide bonds. The lowest BCUT2D eigenvalue weighted by atomic mass is 9.82. The maximum atomic E-state index is 10.7. The van der Waals surface area contributed by atoms with E-state index in [-0.39, 0.29) is 0 Å². The van der Waals surface area contributed by atoms with Gasteiger partial charge in [0.1, 0.15) is 0 Å². The van der Waals surface area contributed by atoms with E-state index in [1.54, 1.807) is 0 Å². The fraction of sp³-hybridized carbons (Fsp3) is 0.909. The smallest absolute Gasteiger partial charge is 0.304 e. The molecule has 1 aliphatic heterocycles. The summed E-state index contributed by atoms with van der Waals surface area (Å²) in [5, 5.41) is 8.83. The molecule has 2 aliphatic rings. The Kier molecular flexibility index (Phi) is 2.30. The third kappa shape index (κ3) is 2.08. The van der Waals surface area contributed by atoms with Gasteiger partial charge in [0.05, 0.1) is 6.42 Å². The Hall–Kier alpha value is -0.570. The first-order valence-corrected chi connectivity index (χ1v) is 5.44. The van der Waals surface area contributed by atoms with Crippen LogP contribution in [0.4, 0.5) is 0 Å². The molecule has 3 nitrogen and oxygen atoms in total. The summed E-state index contributed by atoms with van der Waals surface area (Å²) in [6.45, 7) is 6.63. The summed E-state index contributed by atoms with van der Waals surface area (Å²) >= 11 is 0. The Bertz CT molecular complexity index is 238. The van der Waals surface area contributed by atoms with E-state index in [2.05, 4.69) is 18.7 Å². The van der Waals surface area contributed by atoms with Crippen molar-refractivity contribution in [2.75, 3.05) is 13.1 Å². The molecule has 1 unspecified atom stereocenters. The number of likely N-dealkylation sites (tertiary alicyclic amines) is 1. The van der Waals surface area contributed by atoms with Crippen molar-refractivity contribution >= 4 is 5.97 Å². The molecule has 0 bridgehead atoms. The maximum Gasteiger partial charge on any atom is 0.304 e. The van der Waals surface area contributed by atoms with Gasteiger partial charge in [-0.25, -0.2) is 0 Å². The molecule has 14 heavy (non-hydrogen) atoms. The number of carbonyl (C=O) groups is 1. The Morgan fingerprint density at radius 1 is 1.50 bits per heavy atom. The minimum absolute atomic E-state index is 0.320. The van der Waals surface area contributed by atoms with Gasteiger partial charge in [-0.2, -0.15) is 0 Å². The summed E-state index contributed by atoms with van der Waals surface area (Å²) in [5.41, 5.74) is 0.408. The maximum absolute atomic E-state index is 10.7. The Morgan fingerprint density at radius 2 is 2.07 bits per heavy atom. The summed E-state index contributed by atoms with van der Waals surface area (Å²) < 4.78 is 0. The molecule has 2 fully saturated rings. The summed E-state index contributed by atoms with van der Waals surface area (Å²) in [5.74, 6) is 0.0220. The van der Waals surface area contributed by atoms with Crippen LogP contribution in [0.2, 0.25) is 0 Å². The van der Waals surface area contributed by atoms with Crippen molar-refractivity contribution in [3.63, 3.8) is 0 Å². The van der Waals surface area contributed by atoms with Gasteiger partial charge < -0.3 is 5.11 Å². The van der Waals surface area contributed by atoms with Gasteiger partial charge in [0.15, 0.2) is 0 Å². The third-order valence-electron chi connectivity index (χ3n) is 3.28. The highest BCUT2D eigenvalue weighted by Gasteiger charge is 2.44. The summed E-state index contributed by atoms with van der Waals surface area (Å²) in [4.78, 5) is 13.1. The van der Waals surface area contributed by atoms with Crippen LogP contribution in [0.3, 0.4) is 0 Å². The van der Waals surface area contributed by atoms with Crippen LogP contribution in [0.25, 0.3) is 0 Å². The molecule has 0 aromatic carbocycles. The van der Waals surface area contributed by atoms with Crippen molar-refractivity contribution in [1.82, 2.24) is 4.90 Å². The van der Waals surface area contributed by atoms with Crippen LogP contribution in [-0.2, 0) is 4.79 Å². The first kappa shape index (κ1) is 9.97. The van der Waals surface area contributed by atoms with Crippen LogP contribution in [0.5, 0.6) is 0 Å². The van der Waals surface area contributed by atoms with Gasteiger partial charge in [-0.3, -0.25) is 9.69 Å². The molecule has 0 aromatic heterocycles. The van der Waals surface area contributed by atoms with E-state index in [9.17, 15) is 4.79 Å². The summed E-state index contributed by atoms with van der Waals surface area (Å²) in [6.07, 6.45) is 2.80.